The maximum atomic E-state index is 14.2. The van der Waals surface area contributed by atoms with Crippen LogP contribution in [0.1, 0.15) is 67.7 Å². The quantitative estimate of drug-likeness (QED) is 0.385. The molecule has 10 heteroatoms. The van der Waals surface area contributed by atoms with Gasteiger partial charge in [0.2, 0.25) is 0 Å². The van der Waals surface area contributed by atoms with Crippen molar-refractivity contribution in [2.45, 2.75) is 109 Å². The molecule has 2 aliphatic carbocycles. The van der Waals surface area contributed by atoms with Gasteiger partial charge in [-0.15, -0.1) is 6.58 Å². The van der Waals surface area contributed by atoms with Gasteiger partial charge >= 0.3 is 11.9 Å². The summed E-state index contributed by atoms with van der Waals surface area (Å²) in [5.41, 5.74) is -7.39. The number of hydrogen-bond donors (Lipinski definition) is 2. The van der Waals surface area contributed by atoms with Crippen LogP contribution >= 0.6 is 0 Å². The Morgan fingerprint density at radius 2 is 1.77 bits per heavy atom. The highest BCUT2D eigenvalue weighted by atomic mass is 16.6. The number of esters is 2. The Kier molecular flexibility index (Phi) is 7.65. The zero-order chi connectivity index (χ0) is 29.2. The van der Waals surface area contributed by atoms with Crippen molar-refractivity contribution < 1.29 is 43.5 Å². The summed E-state index contributed by atoms with van der Waals surface area (Å²) in [6.07, 6.45) is -1.37. The van der Waals surface area contributed by atoms with Gasteiger partial charge in [0.05, 0.1) is 24.9 Å². The molecule has 0 spiro atoms. The Labute approximate surface area is 231 Å². The number of fused-ring (bicyclic) bond motifs is 3. The Morgan fingerprint density at radius 3 is 2.33 bits per heavy atom. The van der Waals surface area contributed by atoms with Gasteiger partial charge in [0.1, 0.15) is 17.7 Å². The van der Waals surface area contributed by atoms with Crippen LogP contribution < -0.4 is 0 Å². The molecule has 1 unspecified atom stereocenters. The van der Waals surface area contributed by atoms with Gasteiger partial charge < -0.3 is 29.2 Å². The molecule has 0 aromatic rings. The van der Waals surface area contributed by atoms with Crippen LogP contribution in [0.3, 0.4) is 0 Å². The van der Waals surface area contributed by atoms with E-state index in [2.05, 4.69) is 6.58 Å². The van der Waals surface area contributed by atoms with Gasteiger partial charge in [-0.2, -0.15) is 0 Å². The van der Waals surface area contributed by atoms with Gasteiger partial charge in [0.25, 0.3) is 0 Å². The van der Waals surface area contributed by atoms with Crippen molar-refractivity contribution in [3.05, 3.63) is 12.7 Å². The van der Waals surface area contributed by atoms with E-state index in [0.717, 1.165) is 0 Å². The first-order valence-electron chi connectivity index (χ1n) is 14.0. The molecule has 0 amide bonds. The fraction of sp³-hybridized carbons (Fsp3) is 0.828. The summed E-state index contributed by atoms with van der Waals surface area (Å²) < 4.78 is 23.7. The molecule has 4 fully saturated rings. The van der Waals surface area contributed by atoms with Crippen molar-refractivity contribution >= 4 is 17.7 Å². The van der Waals surface area contributed by atoms with E-state index in [0.29, 0.717) is 39.1 Å². The monoisotopic (exact) mass is 551 g/mol. The molecule has 2 saturated carbocycles. The zero-order valence-corrected chi connectivity index (χ0v) is 24.3. The minimum atomic E-state index is -2.27. The highest BCUT2D eigenvalue weighted by molar-refractivity contribution is 5.92. The third-order valence-corrected chi connectivity index (χ3v) is 10.2. The minimum absolute atomic E-state index is 0.181. The standard InChI is InChI=1S/C29H45NO9/c1-9-26(6)16-19(32)29(35)27(7)20(38-24(34)17(2)30-12-14-36-15-13-30)10-11-25(4,5)22(27)21(33)23(37-18(3)31)28(29,8)39-26/h9,17,20-23,33,35H,1,10-16H2,2-8H3/t17?,20-,21-,22-,23-,26-,27-,28+,29-/m0/s1. The van der Waals surface area contributed by atoms with Crippen molar-refractivity contribution in [1.82, 2.24) is 4.90 Å². The second-order valence-corrected chi connectivity index (χ2v) is 13.1. The van der Waals surface area contributed by atoms with E-state index in [9.17, 15) is 24.6 Å². The third kappa shape index (κ3) is 4.38. The summed E-state index contributed by atoms with van der Waals surface area (Å²) in [7, 11) is 0. The molecule has 4 aliphatic rings. The van der Waals surface area contributed by atoms with E-state index in [1.165, 1.54) is 19.9 Å². The highest BCUT2D eigenvalue weighted by Crippen LogP contribution is 2.67. The maximum Gasteiger partial charge on any atom is 0.323 e. The topological polar surface area (TPSA) is 132 Å². The van der Waals surface area contributed by atoms with E-state index in [4.69, 9.17) is 18.9 Å². The lowest BCUT2D eigenvalue weighted by atomic mass is 9.39. The van der Waals surface area contributed by atoms with Crippen molar-refractivity contribution in [3.8, 4) is 0 Å². The van der Waals surface area contributed by atoms with E-state index in [1.54, 1.807) is 20.8 Å². The number of carbonyl (C=O) groups is 3. The molecule has 2 heterocycles. The van der Waals surface area contributed by atoms with Gasteiger partial charge in [0.15, 0.2) is 17.5 Å². The average Bonchev–Trinajstić information content (AvgIpc) is 2.86. The van der Waals surface area contributed by atoms with Crippen LogP contribution in [0.15, 0.2) is 12.7 Å². The van der Waals surface area contributed by atoms with Crippen LogP contribution in [0.2, 0.25) is 0 Å². The molecule has 2 aliphatic heterocycles. The van der Waals surface area contributed by atoms with Crippen LogP contribution in [-0.4, -0.2) is 100 Å². The summed E-state index contributed by atoms with van der Waals surface area (Å²) in [6, 6.07) is -0.559. The number of aliphatic hydroxyl groups is 2. The molecular formula is C29H45NO9. The van der Waals surface area contributed by atoms with Gasteiger partial charge in [-0.1, -0.05) is 26.8 Å². The lowest BCUT2D eigenvalue weighted by Gasteiger charge is -2.71. The van der Waals surface area contributed by atoms with E-state index in [1.807, 2.05) is 18.7 Å². The van der Waals surface area contributed by atoms with Crippen molar-refractivity contribution in [1.29, 1.82) is 0 Å². The predicted octanol–water partition coefficient (Wildman–Crippen LogP) is 1.79. The smallest absolute Gasteiger partial charge is 0.323 e. The number of ether oxygens (including phenoxy) is 4. The summed E-state index contributed by atoms with van der Waals surface area (Å²) in [5, 5.41) is 24.7. The molecule has 10 nitrogen and oxygen atoms in total. The third-order valence-electron chi connectivity index (χ3n) is 10.2. The van der Waals surface area contributed by atoms with Crippen LogP contribution in [0.4, 0.5) is 0 Å². The molecule has 0 aromatic heterocycles. The van der Waals surface area contributed by atoms with E-state index in [-0.39, 0.29) is 6.42 Å². The van der Waals surface area contributed by atoms with Gasteiger partial charge in [-0.05, 0) is 39.0 Å². The van der Waals surface area contributed by atoms with E-state index < -0.39 is 75.6 Å². The predicted molar refractivity (Wildman–Crippen MR) is 141 cm³/mol. The van der Waals surface area contributed by atoms with Gasteiger partial charge in [-0.25, -0.2) is 0 Å². The molecular weight excluding hydrogens is 506 g/mol. The Balaban J connectivity index is 1.84. The molecule has 39 heavy (non-hydrogen) atoms. The maximum absolute atomic E-state index is 14.2. The summed E-state index contributed by atoms with van der Waals surface area (Å²) >= 11 is 0. The number of ketones is 1. The van der Waals surface area contributed by atoms with Crippen LogP contribution in [0, 0.1) is 16.7 Å². The van der Waals surface area contributed by atoms with Crippen LogP contribution in [0.25, 0.3) is 0 Å². The molecule has 0 aromatic carbocycles. The number of hydrogen-bond acceptors (Lipinski definition) is 10. The van der Waals surface area contributed by atoms with E-state index >= 15 is 0 Å². The van der Waals surface area contributed by atoms with Gasteiger partial charge in [-0.3, -0.25) is 19.3 Å². The minimum Gasteiger partial charge on any atom is -0.460 e. The summed E-state index contributed by atoms with van der Waals surface area (Å²) in [6.45, 7) is 17.8. The largest absolute Gasteiger partial charge is 0.460 e. The molecule has 9 atom stereocenters. The SMILES string of the molecule is C=C[C@@]1(C)CC(=O)[C@]2(O)[C@@]3(C)[C@@H](OC(=O)C(C)N4CCOCC4)CCC(C)(C)[C@@H]3[C@H](O)[C@H](OC(C)=O)[C@@]2(C)O1. The second-order valence-electron chi connectivity index (χ2n) is 13.1. The zero-order valence-electron chi connectivity index (χ0n) is 24.3. The number of rotatable bonds is 5. The second kappa shape index (κ2) is 9.91. The molecule has 2 N–H and O–H groups in total. The number of aliphatic hydroxyl groups excluding tert-OH is 1. The Bertz CT molecular complexity index is 1020. The number of morpholine rings is 1. The lowest BCUT2D eigenvalue weighted by molar-refractivity contribution is -0.371. The Hall–Kier alpha value is -1.85. The fourth-order valence-electron chi connectivity index (χ4n) is 8.17. The normalized spacial score (nSPS) is 44.9. The number of Topliss-reactive ketones (excluding diaryl/α,β-unsaturated/α-hetero) is 1. The first-order chi connectivity index (χ1) is 18.0. The fourth-order valence-corrected chi connectivity index (χ4v) is 8.17. The highest BCUT2D eigenvalue weighted by Gasteiger charge is 2.82. The Morgan fingerprint density at radius 1 is 1.15 bits per heavy atom. The van der Waals surface area contributed by atoms with Crippen molar-refractivity contribution in [3.63, 3.8) is 0 Å². The lowest BCUT2D eigenvalue weighted by Crippen LogP contribution is -2.87. The van der Waals surface area contributed by atoms with Crippen LogP contribution in [0.5, 0.6) is 0 Å². The van der Waals surface area contributed by atoms with Crippen LogP contribution in [-0.2, 0) is 33.3 Å². The summed E-state index contributed by atoms with van der Waals surface area (Å²) in [5.74, 6) is -2.46. The first kappa shape index (κ1) is 30.1. The number of nitrogens with zero attached hydrogens (tertiary/aromatic N) is 1. The first-order valence-corrected chi connectivity index (χ1v) is 14.0. The summed E-state index contributed by atoms with van der Waals surface area (Å²) in [4.78, 5) is 41.9. The average molecular weight is 552 g/mol. The van der Waals surface area contributed by atoms with Crippen molar-refractivity contribution in [2.24, 2.45) is 16.7 Å². The van der Waals surface area contributed by atoms with Gasteiger partial charge in [0, 0.05) is 37.8 Å². The molecule has 4 rings (SSSR count). The molecule has 0 bridgehead atoms. The molecule has 2 saturated heterocycles. The number of carbonyl (C=O) groups excluding carboxylic acids is 3. The molecule has 220 valence electrons. The van der Waals surface area contributed by atoms with Crippen molar-refractivity contribution in [2.75, 3.05) is 26.3 Å². The molecule has 0 radical (unpaired) electrons.